The second-order valence-corrected chi connectivity index (χ2v) is 7.41. The first-order valence-electron chi connectivity index (χ1n) is 9.54. The Hall–Kier alpha value is -2.08. The average molecular weight is 359 g/mol. The molecule has 0 radical (unpaired) electrons. The molecule has 6 nitrogen and oxygen atoms in total. The van der Waals surface area contributed by atoms with Gasteiger partial charge in [0.2, 0.25) is 5.91 Å². The lowest BCUT2D eigenvalue weighted by molar-refractivity contribution is -0.144. The van der Waals surface area contributed by atoms with Crippen LogP contribution in [0.5, 0.6) is 5.75 Å². The summed E-state index contributed by atoms with van der Waals surface area (Å²) in [7, 11) is 0. The Morgan fingerprint density at radius 1 is 1.15 bits per heavy atom. The zero-order valence-corrected chi connectivity index (χ0v) is 15.7. The van der Waals surface area contributed by atoms with Crippen molar-refractivity contribution >= 4 is 11.8 Å². The molecule has 2 amide bonds. The van der Waals surface area contributed by atoms with Gasteiger partial charge in [0.15, 0.2) is 6.61 Å². The summed E-state index contributed by atoms with van der Waals surface area (Å²) < 4.78 is 5.54. The standard InChI is InChI=1S/C20H29N3O3/c1-15-13-23(16(2)12-21-15)20(25)17-8-10-22(11-9-17)19(24)14-26-18-6-4-3-5-7-18/h3-7,15-17,21H,8-14H2,1-2H3/t15-,16+/m0/s1. The topological polar surface area (TPSA) is 61.9 Å². The van der Waals surface area contributed by atoms with E-state index in [0.29, 0.717) is 24.9 Å². The van der Waals surface area contributed by atoms with Crippen molar-refractivity contribution in [2.75, 3.05) is 32.8 Å². The Morgan fingerprint density at radius 2 is 1.85 bits per heavy atom. The van der Waals surface area contributed by atoms with Crippen LogP contribution in [0, 0.1) is 5.92 Å². The van der Waals surface area contributed by atoms with Crippen LogP contribution in [-0.4, -0.2) is 66.5 Å². The van der Waals surface area contributed by atoms with Crippen molar-refractivity contribution < 1.29 is 14.3 Å². The fraction of sp³-hybridized carbons (Fsp3) is 0.600. The lowest BCUT2D eigenvalue weighted by Crippen LogP contribution is -2.58. The van der Waals surface area contributed by atoms with Gasteiger partial charge in [-0.15, -0.1) is 0 Å². The minimum Gasteiger partial charge on any atom is -0.484 e. The number of hydrogen-bond acceptors (Lipinski definition) is 4. The van der Waals surface area contributed by atoms with E-state index in [9.17, 15) is 9.59 Å². The number of nitrogens with zero attached hydrogens (tertiary/aromatic N) is 2. The maximum Gasteiger partial charge on any atom is 0.260 e. The summed E-state index contributed by atoms with van der Waals surface area (Å²) in [5, 5.41) is 3.41. The maximum absolute atomic E-state index is 12.9. The quantitative estimate of drug-likeness (QED) is 0.885. The average Bonchev–Trinajstić information content (AvgIpc) is 2.68. The Labute approximate surface area is 155 Å². The number of ether oxygens (including phenoxy) is 1. The predicted molar refractivity (Wildman–Crippen MR) is 99.9 cm³/mol. The lowest BCUT2D eigenvalue weighted by atomic mass is 9.94. The molecular formula is C20H29N3O3. The molecule has 0 bridgehead atoms. The van der Waals surface area contributed by atoms with Crippen LogP contribution in [0.2, 0.25) is 0 Å². The third-order valence-electron chi connectivity index (χ3n) is 5.35. The molecule has 26 heavy (non-hydrogen) atoms. The number of para-hydroxylation sites is 1. The molecule has 6 heteroatoms. The molecule has 2 saturated heterocycles. The minimum atomic E-state index is -0.0103. The van der Waals surface area contributed by atoms with Crippen molar-refractivity contribution in [3.63, 3.8) is 0 Å². The van der Waals surface area contributed by atoms with Crippen molar-refractivity contribution in [1.82, 2.24) is 15.1 Å². The molecule has 2 fully saturated rings. The van der Waals surface area contributed by atoms with Crippen LogP contribution in [0.25, 0.3) is 0 Å². The molecule has 0 unspecified atom stereocenters. The normalized spacial score (nSPS) is 24.4. The van der Waals surface area contributed by atoms with E-state index >= 15 is 0 Å². The van der Waals surface area contributed by atoms with Crippen molar-refractivity contribution in [2.24, 2.45) is 5.92 Å². The minimum absolute atomic E-state index is 0.0103. The van der Waals surface area contributed by atoms with Gasteiger partial charge in [-0.05, 0) is 38.8 Å². The third kappa shape index (κ3) is 4.55. The fourth-order valence-electron chi connectivity index (χ4n) is 3.69. The van der Waals surface area contributed by atoms with Crippen molar-refractivity contribution in [2.45, 2.75) is 38.8 Å². The van der Waals surface area contributed by atoms with Gasteiger partial charge in [-0.3, -0.25) is 9.59 Å². The SMILES string of the molecule is C[C@@H]1CN[C@@H](C)CN1C(=O)C1CCN(C(=O)COc2ccccc2)CC1. The molecule has 0 saturated carbocycles. The van der Waals surface area contributed by atoms with E-state index < -0.39 is 0 Å². The lowest BCUT2D eigenvalue weighted by Gasteiger charge is -2.41. The van der Waals surface area contributed by atoms with Gasteiger partial charge in [0.25, 0.3) is 5.91 Å². The van der Waals surface area contributed by atoms with Crippen LogP contribution in [0.4, 0.5) is 0 Å². The molecule has 2 atom stereocenters. The molecule has 2 heterocycles. The summed E-state index contributed by atoms with van der Waals surface area (Å²) >= 11 is 0. The van der Waals surface area contributed by atoms with Gasteiger partial charge < -0.3 is 19.9 Å². The molecule has 1 N–H and O–H groups in total. The molecular weight excluding hydrogens is 330 g/mol. The van der Waals surface area contributed by atoms with Gasteiger partial charge in [0.05, 0.1) is 0 Å². The zero-order valence-electron chi connectivity index (χ0n) is 15.7. The summed E-state index contributed by atoms with van der Waals surface area (Å²) in [5.41, 5.74) is 0. The Kier molecular flexibility index (Phi) is 6.14. The molecule has 142 valence electrons. The molecule has 2 aliphatic rings. The van der Waals surface area contributed by atoms with E-state index in [2.05, 4.69) is 19.2 Å². The van der Waals surface area contributed by atoms with E-state index in [1.54, 1.807) is 0 Å². The highest BCUT2D eigenvalue weighted by Gasteiger charge is 2.34. The number of hydrogen-bond donors (Lipinski definition) is 1. The first-order chi connectivity index (χ1) is 12.5. The summed E-state index contributed by atoms with van der Waals surface area (Å²) in [6, 6.07) is 9.94. The molecule has 0 aliphatic carbocycles. The second kappa shape index (κ2) is 8.54. The Balaban J connectivity index is 1.46. The highest BCUT2D eigenvalue weighted by atomic mass is 16.5. The molecule has 1 aromatic rings. The third-order valence-corrected chi connectivity index (χ3v) is 5.35. The van der Waals surface area contributed by atoms with E-state index in [1.807, 2.05) is 40.1 Å². The van der Waals surface area contributed by atoms with Gasteiger partial charge in [-0.1, -0.05) is 18.2 Å². The van der Waals surface area contributed by atoms with Gasteiger partial charge in [0, 0.05) is 44.2 Å². The number of benzene rings is 1. The Morgan fingerprint density at radius 3 is 2.54 bits per heavy atom. The van der Waals surface area contributed by atoms with Gasteiger partial charge >= 0.3 is 0 Å². The zero-order chi connectivity index (χ0) is 18.5. The summed E-state index contributed by atoms with van der Waals surface area (Å²) in [6.07, 6.45) is 1.47. The van der Waals surface area contributed by atoms with Crippen LogP contribution in [0.15, 0.2) is 30.3 Å². The van der Waals surface area contributed by atoms with Gasteiger partial charge in [0.1, 0.15) is 5.75 Å². The molecule has 0 aromatic heterocycles. The highest BCUT2D eigenvalue weighted by Crippen LogP contribution is 2.22. The largest absolute Gasteiger partial charge is 0.484 e. The summed E-state index contributed by atoms with van der Waals surface area (Å²) in [5.74, 6) is 0.969. The summed E-state index contributed by atoms with van der Waals surface area (Å²) in [4.78, 5) is 29.0. The maximum atomic E-state index is 12.9. The number of carbonyl (C=O) groups is 2. The first kappa shape index (κ1) is 18.7. The predicted octanol–water partition coefficient (Wildman–Crippen LogP) is 1.51. The van der Waals surface area contributed by atoms with E-state index in [-0.39, 0.29) is 30.4 Å². The number of carbonyl (C=O) groups excluding carboxylic acids is 2. The van der Waals surface area contributed by atoms with Crippen molar-refractivity contribution in [3.8, 4) is 5.75 Å². The second-order valence-electron chi connectivity index (χ2n) is 7.41. The highest BCUT2D eigenvalue weighted by molar-refractivity contribution is 5.81. The van der Waals surface area contributed by atoms with E-state index in [0.717, 1.165) is 25.9 Å². The summed E-state index contributed by atoms with van der Waals surface area (Å²) in [6.45, 7) is 7.13. The van der Waals surface area contributed by atoms with Crippen LogP contribution in [-0.2, 0) is 9.59 Å². The number of piperazine rings is 1. The smallest absolute Gasteiger partial charge is 0.260 e. The van der Waals surface area contributed by atoms with Gasteiger partial charge in [-0.25, -0.2) is 0 Å². The fourth-order valence-corrected chi connectivity index (χ4v) is 3.69. The molecule has 0 spiro atoms. The van der Waals surface area contributed by atoms with Crippen LogP contribution in [0.3, 0.4) is 0 Å². The Bertz CT molecular complexity index is 614. The van der Waals surface area contributed by atoms with Crippen LogP contribution >= 0.6 is 0 Å². The molecule has 1 aromatic carbocycles. The number of piperidine rings is 1. The number of nitrogens with one attached hydrogen (secondary N) is 1. The monoisotopic (exact) mass is 359 g/mol. The number of amides is 2. The van der Waals surface area contributed by atoms with Crippen molar-refractivity contribution in [3.05, 3.63) is 30.3 Å². The van der Waals surface area contributed by atoms with Crippen molar-refractivity contribution in [1.29, 1.82) is 0 Å². The first-order valence-corrected chi connectivity index (χ1v) is 9.54. The molecule has 3 rings (SSSR count). The number of likely N-dealkylation sites (tertiary alicyclic amines) is 1. The van der Waals surface area contributed by atoms with E-state index in [4.69, 9.17) is 4.74 Å². The van der Waals surface area contributed by atoms with Gasteiger partial charge in [-0.2, -0.15) is 0 Å². The van der Waals surface area contributed by atoms with Crippen LogP contribution < -0.4 is 10.1 Å². The molecule has 2 aliphatic heterocycles. The van der Waals surface area contributed by atoms with E-state index in [1.165, 1.54) is 0 Å². The van der Waals surface area contributed by atoms with Crippen LogP contribution in [0.1, 0.15) is 26.7 Å². The number of rotatable bonds is 4.